The Morgan fingerprint density at radius 1 is 1.19 bits per heavy atom. The van der Waals surface area contributed by atoms with Gasteiger partial charge < -0.3 is 4.74 Å². The summed E-state index contributed by atoms with van der Waals surface area (Å²) in [6, 6.07) is 10.2. The second-order valence-corrected chi connectivity index (χ2v) is 7.77. The van der Waals surface area contributed by atoms with Crippen molar-refractivity contribution in [2.75, 3.05) is 0 Å². The molecule has 1 amide bonds. The molecule has 1 aromatic heterocycles. The average Bonchev–Trinajstić information content (AvgIpc) is 3.14. The third kappa shape index (κ3) is 4.92. The van der Waals surface area contributed by atoms with Crippen LogP contribution in [-0.4, -0.2) is 25.4 Å². The van der Waals surface area contributed by atoms with E-state index >= 15 is 0 Å². The number of carbonyl (C=O) groups is 1. The van der Waals surface area contributed by atoms with Crippen LogP contribution in [0.4, 0.5) is 0 Å². The van der Waals surface area contributed by atoms with Gasteiger partial charge in [0, 0.05) is 18.5 Å². The van der Waals surface area contributed by atoms with Crippen LogP contribution >= 0.6 is 0 Å². The van der Waals surface area contributed by atoms with Gasteiger partial charge in [0.2, 0.25) is 0 Å². The summed E-state index contributed by atoms with van der Waals surface area (Å²) in [5, 5.41) is 0. The highest BCUT2D eigenvalue weighted by atomic mass is 32.2. The lowest BCUT2D eigenvalue weighted by Gasteiger charge is -2.13. The van der Waals surface area contributed by atoms with E-state index in [1.807, 2.05) is 29.0 Å². The quantitative estimate of drug-likeness (QED) is 0.788. The summed E-state index contributed by atoms with van der Waals surface area (Å²) in [7, 11) is -3.93. The van der Waals surface area contributed by atoms with E-state index in [9.17, 15) is 13.2 Å². The molecule has 1 N–H and O–H groups in total. The Kier molecular flexibility index (Phi) is 5.68. The zero-order valence-corrected chi connectivity index (χ0v) is 15.0. The number of rotatable bonds is 6. The zero-order chi connectivity index (χ0) is 18.4. The molecule has 0 aliphatic heterocycles. The predicted molar refractivity (Wildman–Crippen MR) is 97.9 cm³/mol. The Balaban J connectivity index is 1.63. The van der Waals surface area contributed by atoms with Crippen LogP contribution in [0, 0.1) is 0 Å². The van der Waals surface area contributed by atoms with Crippen molar-refractivity contribution < 1.29 is 17.9 Å². The van der Waals surface area contributed by atoms with Gasteiger partial charge in [0.1, 0.15) is 10.6 Å². The Labute approximate surface area is 153 Å². The van der Waals surface area contributed by atoms with E-state index in [0.29, 0.717) is 0 Å². The molecule has 7 heteroatoms. The molecular formula is C19H20N2O4S. The van der Waals surface area contributed by atoms with Crippen molar-refractivity contribution in [1.82, 2.24) is 9.71 Å². The van der Waals surface area contributed by atoms with E-state index in [0.717, 1.165) is 24.2 Å². The molecule has 1 heterocycles. The van der Waals surface area contributed by atoms with Gasteiger partial charge in [-0.25, -0.2) is 13.1 Å². The minimum absolute atomic E-state index is 0.0614. The molecule has 0 bridgehead atoms. The molecule has 1 fully saturated rings. The molecule has 2 aromatic rings. The SMILES string of the molecule is O=C(C=Cc1cccc(OC2CCCC2)c1)NS(=O)(=O)c1cccnc1. The third-order valence-electron chi connectivity index (χ3n) is 4.07. The number of pyridine rings is 1. The summed E-state index contributed by atoms with van der Waals surface area (Å²) >= 11 is 0. The van der Waals surface area contributed by atoms with Gasteiger partial charge in [0.15, 0.2) is 0 Å². The van der Waals surface area contributed by atoms with Crippen LogP contribution < -0.4 is 9.46 Å². The van der Waals surface area contributed by atoms with E-state index in [2.05, 4.69) is 4.98 Å². The number of sulfonamides is 1. The second kappa shape index (κ2) is 8.14. The molecule has 1 aliphatic rings. The van der Waals surface area contributed by atoms with E-state index in [1.165, 1.54) is 43.4 Å². The molecule has 0 saturated heterocycles. The van der Waals surface area contributed by atoms with Crippen molar-refractivity contribution in [2.45, 2.75) is 36.7 Å². The number of benzene rings is 1. The molecule has 6 nitrogen and oxygen atoms in total. The van der Waals surface area contributed by atoms with Crippen molar-refractivity contribution in [3.8, 4) is 5.75 Å². The number of hydrogen-bond acceptors (Lipinski definition) is 5. The first kappa shape index (κ1) is 18.1. The molecule has 1 saturated carbocycles. The first-order valence-corrected chi connectivity index (χ1v) is 9.93. The normalized spacial score (nSPS) is 15.2. The van der Waals surface area contributed by atoms with Gasteiger partial charge in [-0.15, -0.1) is 0 Å². The average molecular weight is 372 g/mol. The third-order valence-corrected chi connectivity index (χ3v) is 5.40. The Bertz CT molecular complexity index is 889. The fourth-order valence-corrected chi connectivity index (χ4v) is 3.70. The highest BCUT2D eigenvalue weighted by Crippen LogP contribution is 2.24. The lowest BCUT2D eigenvalue weighted by Crippen LogP contribution is -2.29. The van der Waals surface area contributed by atoms with Crippen LogP contribution in [0.15, 0.2) is 59.8 Å². The summed E-state index contributed by atoms with van der Waals surface area (Å²) in [6.45, 7) is 0. The molecule has 1 aliphatic carbocycles. The maximum absolute atomic E-state index is 12.1. The van der Waals surface area contributed by atoms with Gasteiger partial charge in [-0.2, -0.15) is 0 Å². The number of aromatic nitrogens is 1. The van der Waals surface area contributed by atoms with Gasteiger partial charge in [0.05, 0.1) is 6.10 Å². The number of nitrogens with one attached hydrogen (secondary N) is 1. The van der Waals surface area contributed by atoms with Crippen molar-refractivity contribution in [2.24, 2.45) is 0 Å². The van der Waals surface area contributed by atoms with Crippen molar-refractivity contribution in [3.05, 3.63) is 60.4 Å². The molecule has 0 atom stereocenters. The molecule has 136 valence electrons. The van der Waals surface area contributed by atoms with Gasteiger partial charge >= 0.3 is 0 Å². The fraction of sp³-hybridized carbons (Fsp3) is 0.263. The Morgan fingerprint density at radius 2 is 2.00 bits per heavy atom. The molecule has 3 rings (SSSR count). The summed E-state index contributed by atoms with van der Waals surface area (Å²) in [6.07, 6.45) is 10.1. The largest absolute Gasteiger partial charge is 0.490 e. The number of amides is 1. The first-order chi connectivity index (χ1) is 12.5. The first-order valence-electron chi connectivity index (χ1n) is 8.44. The monoisotopic (exact) mass is 372 g/mol. The van der Waals surface area contributed by atoms with Gasteiger partial charge in [-0.05, 0) is 61.6 Å². The predicted octanol–water partition coefficient (Wildman–Crippen LogP) is 2.92. The number of hydrogen-bond donors (Lipinski definition) is 1. The van der Waals surface area contributed by atoms with E-state index in [4.69, 9.17) is 4.74 Å². The zero-order valence-electron chi connectivity index (χ0n) is 14.2. The minimum atomic E-state index is -3.93. The lowest BCUT2D eigenvalue weighted by molar-refractivity contribution is -0.114. The van der Waals surface area contributed by atoms with Crippen LogP contribution in [0.2, 0.25) is 0 Å². The molecule has 26 heavy (non-hydrogen) atoms. The van der Waals surface area contributed by atoms with Crippen LogP contribution in [0.5, 0.6) is 5.75 Å². The molecule has 0 unspecified atom stereocenters. The van der Waals surface area contributed by atoms with Crippen LogP contribution in [0.3, 0.4) is 0 Å². The smallest absolute Gasteiger partial charge is 0.265 e. The van der Waals surface area contributed by atoms with Gasteiger partial charge in [-0.3, -0.25) is 9.78 Å². The Hall–Kier alpha value is -2.67. The van der Waals surface area contributed by atoms with Crippen molar-refractivity contribution >= 4 is 22.0 Å². The topological polar surface area (TPSA) is 85.4 Å². The van der Waals surface area contributed by atoms with E-state index in [-0.39, 0.29) is 11.0 Å². The van der Waals surface area contributed by atoms with Crippen LogP contribution in [0.1, 0.15) is 31.2 Å². The molecule has 0 spiro atoms. The number of carbonyl (C=O) groups excluding carboxylic acids is 1. The highest BCUT2D eigenvalue weighted by Gasteiger charge is 2.17. The van der Waals surface area contributed by atoms with Gasteiger partial charge in [0.25, 0.3) is 15.9 Å². The summed E-state index contributed by atoms with van der Waals surface area (Å²) in [4.78, 5) is 15.6. The summed E-state index contributed by atoms with van der Waals surface area (Å²) < 4.78 is 32.1. The van der Waals surface area contributed by atoms with Crippen LogP contribution in [-0.2, 0) is 14.8 Å². The fourth-order valence-electron chi connectivity index (χ4n) is 2.79. The highest BCUT2D eigenvalue weighted by molar-refractivity contribution is 7.90. The summed E-state index contributed by atoms with van der Waals surface area (Å²) in [5.41, 5.74) is 0.759. The van der Waals surface area contributed by atoms with Gasteiger partial charge in [-0.1, -0.05) is 12.1 Å². The molecule has 0 radical (unpaired) electrons. The molecular weight excluding hydrogens is 352 g/mol. The maximum atomic E-state index is 12.1. The minimum Gasteiger partial charge on any atom is -0.490 e. The standard InChI is InChI=1S/C19H20N2O4S/c22-19(21-26(23,24)18-9-4-12-20-14-18)11-10-15-5-3-8-17(13-15)25-16-6-1-2-7-16/h3-5,8-14,16H,1-2,6-7H2,(H,21,22). The van der Waals surface area contributed by atoms with Crippen molar-refractivity contribution in [1.29, 1.82) is 0 Å². The number of ether oxygens (including phenoxy) is 1. The Morgan fingerprint density at radius 3 is 2.73 bits per heavy atom. The maximum Gasteiger partial charge on any atom is 0.265 e. The van der Waals surface area contributed by atoms with E-state index < -0.39 is 15.9 Å². The molecule has 1 aromatic carbocycles. The van der Waals surface area contributed by atoms with Crippen molar-refractivity contribution in [3.63, 3.8) is 0 Å². The van der Waals surface area contributed by atoms with E-state index in [1.54, 1.807) is 6.08 Å². The second-order valence-electron chi connectivity index (χ2n) is 6.09. The van der Waals surface area contributed by atoms with Crippen LogP contribution in [0.25, 0.3) is 6.08 Å². The number of nitrogens with zero attached hydrogens (tertiary/aromatic N) is 1. The summed E-state index contributed by atoms with van der Waals surface area (Å²) in [5.74, 6) is 0.0263. The lowest BCUT2D eigenvalue weighted by atomic mass is 10.2.